The monoisotopic (exact) mass is 595 g/mol. The van der Waals surface area contributed by atoms with Crippen LogP contribution in [0.2, 0.25) is 0 Å². The Balaban J connectivity index is 1.65. The minimum atomic E-state index is -3.70. The zero-order chi connectivity index (χ0) is 30.5. The van der Waals surface area contributed by atoms with Crippen molar-refractivity contribution in [2.45, 2.75) is 6.92 Å². The van der Waals surface area contributed by atoms with Gasteiger partial charge in [0, 0.05) is 59.4 Å². The van der Waals surface area contributed by atoms with Gasteiger partial charge in [0.05, 0.1) is 24.6 Å². The number of anilines is 1. The summed E-state index contributed by atoms with van der Waals surface area (Å²) in [6.45, 7) is 1.97. The summed E-state index contributed by atoms with van der Waals surface area (Å²) in [5.74, 6) is 0.894. The number of rotatable bonds is 7. The zero-order valence-corrected chi connectivity index (χ0v) is 25.1. The van der Waals surface area contributed by atoms with Gasteiger partial charge in [-0.25, -0.2) is 13.4 Å². The number of hydrogen-bond donors (Lipinski definition) is 1. The van der Waals surface area contributed by atoms with Crippen LogP contribution in [-0.4, -0.2) is 46.8 Å². The Hall–Kier alpha value is -5.09. The smallest absolute Gasteiger partial charge is 0.255 e. The molecule has 0 unspecified atom stereocenters. The normalized spacial score (nSPS) is 11.7. The van der Waals surface area contributed by atoms with Crippen LogP contribution in [0.5, 0.6) is 5.88 Å². The molecule has 0 atom stereocenters. The maximum atomic E-state index is 13.3. The van der Waals surface area contributed by atoms with E-state index in [1.807, 2.05) is 67.6 Å². The fraction of sp³-hybridized carbons (Fsp3) is 0.152. The van der Waals surface area contributed by atoms with E-state index in [4.69, 9.17) is 13.6 Å². The third kappa shape index (κ3) is 4.99. The van der Waals surface area contributed by atoms with Crippen LogP contribution in [-0.2, 0) is 10.0 Å². The molecule has 3 aromatic carbocycles. The highest BCUT2D eigenvalue weighted by Crippen LogP contribution is 2.44. The number of aryl methyl sites for hydroxylation is 1. The lowest BCUT2D eigenvalue weighted by Gasteiger charge is -2.21. The third-order valence-electron chi connectivity index (χ3n) is 7.46. The van der Waals surface area contributed by atoms with E-state index in [-0.39, 0.29) is 11.8 Å². The summed E-state index contributed by atoms with van der Waals surface area (Å²) in [4.78, 5) is 17.8. The lowest BCUT2D eigenvalue weighted by atomic mass is 9.97. The average Bonchev–Trinajstić information content (AvgIpc) is 3.61. The quantitative estimate of drug-likeness (QED) is 0.220. The first kappa shape index (κ1) is 28.0. The van der Waals surface area contributed by atoms with Gasteiger partial charge in [0.15, 0.2) is 0 Å². The lowest BCUT2D eigenvalue weighted by Crippen LogP contribution is -2.25. The molecule has 0 spiro atoms. The Bertz CT molecular complexity index is 2100. The summed E-state index contributed by atoms with van der Waals surface area (Å²) in [6.07, 6.45) is 2.76. The summed E-state index contributed by atoms with van der Waals surface area (Å²) in [6, 6.07) is 22.4. The minimum Gasteiger partial charge on any atom is -0.481 e. The van der Waals surface area contributed by atoms with Gasteiger partial charge in [0.25, 0.3) is 5.91 Å². The molecule has 9 nitrogen and oxygen atoms in total. The van der Waals surface area contributed by atoms with E-state index in [2.05, 4.69) is 10.3 Å². The van der Waals surface area contributed by atoms with Gasteiger partial charge in [-0.05, 0) is 31.2 Å². The van der Waals surface area contributed by atoms with Crippen LogP contribution < -0.4 is 14.4 Å². The molecule has 3 aromatic heterocycles. The van der Waals surface area contributed by atoms with Crippen molar-refractivity contribution in [3.8, 4) is 39.7 Å². The molecule has 6 aromatic rings. The van der Waals surface area contributed by atoms with Crippen molar-refractivity contribution in [2.75, 3.05) is 31.8 Å². The second kappa shape index (κ2) is 10.6. The molecule has 0 fully saturated rings. The van der Waals surface area contributed by atoms with Gasteiger partial charge in [-0.15, -0.1) is 0 Å². The Morgan fingerprint density at radius 3 is 2.35 bits per heavy atom. The Morgan fingerprint density at radius 2 is 1.67 bits per heavy atom. The zero-order valence-electron chi connectivity index (χ0n) is 24.3. The first-order valence-corrected chi connectivity index (χ1v) is 15.3. The van der Waals surface area contributed by atoms with Crippen molar-refractivity contribution in [3.63, 3.8) is 0 Å². The van der Waals surface area contributed by atoms with Crippen LogP contribution in [0.15, 0.2) is 87.8 Å². The van der Waals surface area contributed by atoms with E-state index in [9.17, 15) is 13.2 Å². The molecule has 10 heteroatoms. The van der Waals surface area contributed by atoms with Gasteiger partial charge in [0.2, 0.25) is 15.9 Å². The number of para-hydroxylation sites is 1. The molecule has 218 valence electrons. The third-order valence-corrected chi connectivity index (χ3v) is 8.65. The number of furan rings is 2. The first-order chi connectivity index (χ1) is 20.6. The van der Waals surface area contributed by atoms with Crippen molar-refractivity contribution < 1.29 is 26.8 Å². The Kier molecular flexibility index (Phi) is 6.94. The molecule has 3 heterocycles. The van der Waals surface area contributed by atoms with E-state index < -0.39 is 10.0 Å². The molecule has 0 aliphatic carbocycles. The van der Waals surface area contributed by atoms with Gasteiger partial charge in [0.1, 0.15) is 22.7 Å². The number of benzene rings is 3. The molecule has 0 aliphatic rings. The summed E-state index contributed by atoms with van der Waals surface area (Å²) < 4.78 is 44.9. The molecule has 0 saturated heterocycles. The maximum Gasteiger partial charge on any atom is 0.255 e. The van der Waals surface area contributed by atoms with Gasteiger partial charge in [-0.2, -0.15) is 0 Å². The summed E-state index contributed by atoms with van der Waals surface area (Å²) >= 11 is 0. The standard InChI is InChI=1S/C33H29N3O6S/c1-19-10-12-20(13-11-19)31-30(32(37)34-2)25-16-23(26(17-29(25)42-31)36(3)43(5,38)39)24-14-22(18-35-33(24)40-4)28-15-21-8-6-7-9-27(21)41-28/h6-18H,1-5H3,(H,34,37). The Labute approximate surface area is 248 Å². The van der Waals surface area contributed by atoms with E-state index in [1.165, 1.54) is 18.5 Å². The number of fused-ring (bicyclic) bond motifs is 2. The van der Waals surface area contributed by atoms with Crippen LogP contribution in [0.1, 0.15) is 15.9 Å². The molecule has 0 aliphatic heterocycles. The van der Waals surface area contributed by atoms with Crippen molar-refractivity contribution >= 4 is 43.6 Å². The maximum absolute atomic E-state index is 13.3. The summed E-state index contributed by atoms with van der Waals surface area (Å²) in [5, 5.41) is 4.16. The number of nitrogens with one attached hydrogen (secondary N) is 1. The summed E-state index contributed by atoms with van der Waals surface area (Å²) in [5.41, 5.74) is 5.16. The van der Waals surface area contributed by atoms with Crippen molar-refractivity contribution in [3.05, 3.63) is 90.1 Å². The lowest BCUT2D eigenvalue weighted by molar-refractivity contribution is 0.0964. The number of methoxy groups -OCH3 is 1. The second-order valence-electron chi connectivity index (χ2n) is 10.3. The number of carbonyl (C=O) groups excluding carboxylic acids is 1. The van der Waals surface area contributed by atoms with E-state index >= 15 is 0 Å². The fourth-order valence-corrected chi connectivity index (χ4v) is 5.62. The number of carbonyl (C=O) groups is 1. The van der Waals surface area contributed by atoms with Crippen molar-refractivity contribution in [1.29, 1.82) is 0 Å². The van der Waals surface area contributed by atoms with Gasteiger partial charge in [-0.1, -0.05) is 48.0 Å². The molecule has 6 rings (SSSR count). The second-order valence-corrected chi connectivity index (χ2v) is 12.3. The molecule has 1 N–H and O–H groups in total. The van der Waals surface area contributed by atoms with Gasteiger partial charge < -0.3 is 18.9 Å². The molecule has 1 amide bonds. The SMILES string of the molecule is CNC(=O)c1c(-c2ccc(C)cc2)oc2cc(N(C)S(C)(=O)=O)c(-c3cc(-c4cc5ccccc5o4)cnc3OC)cc12. The number of sulfonamides is 1. The highest BCUT2D eigenvalue weighted by Gasteiger charge is 2.27. The molecule has 0 saturated carbocycles. The molecular weight excluding hydrogens is 566 g/mol. The molecule has 43 heavy (non-hydrogen) atoms. The van der Waals surface area contributed by atoms with Crippen molar-refractivity contribution in [2.24, 2.45) is 0 Å². The largest absolute Gasteiger partial charge is 0.481 e. The van der Waals surface area contributed by atoms with Crippen molar-refractivity contribution in [1.82, 2.24) is 10.3 Å². The molecular formula is C33H29N3O6S. The van der Waals surface area contributed by atoms with E-state index in [0.29, 0.717) is 56.0 Å². The number of ether oxygens (including phenoxy) is 1. The first-order valence-electron chi connectivity index (χ1n) is 13.5. The number of nitrogens with zero attached hydrogens (tertiary/aromatic N) is 2. The van der Waals surface area contributed by atoms with E-state index in [0.717, 1.165) is 22.8 Å². The predicted octanol–water partition coefficient (Wildman–Crippen LogP) is 6.65. The van der Waals surface area contributed by atoms with Crippen LogP contribution in [0.4, 0.5) is 5.69 Å². The van der Waals surface area contributed by atoms with Crippen LogP contribution >= 0.6 is 0 Å². The predicted molar refractivity (Wildman–Crippen MR) is 168 cm³/mol. The number of pyridine rings is 1. The molecule has 0 radical (unpaired) electrons. The highest BCUT2D eigenvalue weighted by atomic mass is 32.2. The van der Waals surface area contributed by atoms with Gasteiger partial charge in [-0.3, -0.25) is 9.10 Å². The average molecular weight is 596 g/mol. The number of aromatic nitrogens is 1. The number of amides is 1. The van der Waals surface area contributed by atoms with Crippen LogP contribution in [0.25, 0.3) is 55.7 Å². The van der Waals surface area contributed by atoms with Crippen LogP contribution in [0.3, 0.4) is 0 Å². The van der Waals surface area contributed by atoms with E-state index in [1.54, 1.807) is 25.4 Å². The number of hydrogen-bond acceptors (Lipinski definition) is 7. The summed E-state index contributed by atoms with van der Waals surface area (Å²) in [7, 11) is 0.809. The topological polar surface area (TPSA) is 115 Å². The minimum absolute atomic E-state index is 0.270. The Morgan fingerprint density at radius 1 is 0.930 bits per heavy atom. The fourth-order valence-electron chi connectivity index (χ4n) is 5.11. The highest BCUT2D eigenvalue weighted by molar-refractivity contribution is 7.92. The van der Waals surface area contributed by atoms with Gasteiger partial charge >= 0.3 is 0 Å². The molecule has 0 bridgehead atoms. The van der Waals surface area contributed by atoms with Crippen LogP contribution in [0, 0.1) is 6.92 Å².